The quantitative estimate of drug-likeness (QED) is 0.683. The van der Waals surface area contributed by atoms with Crippen molar-refractivity contribution in [3.05, 3.63) is 22.4 Å². The lowest BCUT2D eigenvalue weighted by Crippen LogP contribution is -2.24. The van der Waals surface area contributed by atoms with Crippen molar-refractivity contribution in [2.75, 3.05) is 13.2 Å². The molecule has 0 bridgehead atoms. The van der Waals surface area contributed by atoms with Crippen LogP contribution in [0.25, 0.3) is 0 Å². The lowest BCUT2D eigenvalue weighted by Gasteiger charge is -2.00. The maximum atomic E-state index is 11.2. The minimum absolute atomic E-state index is 0.0570. The van der Waals surface area contributed by atoms with Crippen LogP contribution in [-0.4, -0.2) is 24.2 Å². The molecule has 0 aliphatic heterocycles. The molecule has 2 N–H and O–H groups in total. The molecule has 0 aliphatic carbocycles. The minimum atomic E-state index is -0.0570. The van der Waals surface area contributed by atoms with Crippen LogP contribution in [-0.2, 0) is 0 Å². The maximum Gasteiger partial charge on any atom is 0.261 e. The highest BCUT2D eigenvalue weighted by Crippen LogP contribution is 2.07. The van der Waals surface area contributed by atoms with E-state index >= 15 is 0 Å². The Balaban J connectivity index is 2.30. The predicted molar refractivity (Wildman–Crippen MR) is 48.4 cm³/mol. The molecule has 0 fully saturated rings. The van der Waals surface area contributed by atoms with Crippen molar-refractivity contribution >= 4 is 17.2 Å². The highest BCUT2D eigenvalue weighted by molar-refractivity contribution is 7.12. The molecule has 0 aromatic carbocycles. The van der Waals surface area contributed by atoms with Gasteiger partial charge in [-0.15, -0.1) is 11.3 Å². The number of aliphatic hydroxyl groups excluding tert-OH is 1. The third kappa shape index (κ3) is 2.64. The molecule has 0 saturated heterocycles. The van der Waals surface area contributed by atoms with Crippen LogP contribution >= 0.6 is 11.3 Å². The fraction of sp³-hybridized carbons (Fsp3) is 0.375. The molecule has 3 nitrogen and oxygen atoms in total. The zero-order valence-electron chi connectivity index (χ0n) is 6.62. The largest absolute Gasteiger partial charge is 0.396 e. The number of aliphatic hydroxyl groups is 1. The van der Waals surface area contributed by atoms with Crippen LogP contribution in [0.1, 0.15) is 16.1 Å². The summed E-state index contributed by atoms with van der Waals surface area (Å²) >= 11 is 1.41. The molecule has 1 amide bonds. The van der Waals surface area contributed by atoms with Gasteiger partial charge in [-0.25, -0.2) is 0 Å². The second-order valence-corrected chi connectivity index (χ2v) is 3.26. The number of amides is 1. The van der Waals surface area contributed by atoms with E-state index in [1.54, 1.807) is 6.07 Å². The molecule has 0 unspecified atom stereocenters. The van der Waals surface area contributed by atoms with Gasteiger partial charge in [-0.05, 0) is 17.9 Å². The molecule has 12 heavy (non-hydrogen) atoms. The first kappa shape index (κ1) is 9.22. The molecule has 1 rings (SSSR count). The summed E-state index contributed by atoms with van der Waals surface area (Å²) in [6.07, 6.45) is 0.608. The van der Waals surface area contributed by atoms with Crippen LogP contribution in [0.15, 0.2) is 17.5 Å². The average molecular weight is 185 g/mol. The molecule has 1 aromatic rings. The number of hydrogen-bond acceptors (Lipinski definition) is 3. The standard InChI is InChI=1S/C8H11NO2S/c10-5-2-4-9-8(11)7-3-1-6-12-7/h1,3,6,10H,2,4-5H2,(H,9,11). The molecule has 0 radical (unpaired) electrons. The Labute approximate surface area is 75.0 Å². The zero-order chi connectivity index (χ0) is 8.81. The van der Waals surface area contributed by atoms with Crippen molar-refractivity contribution in [1.82, 2.24) is 5.32 Å². The van der Waals surface area contributed by atoms with E-state index in [0.717, 1.165) is 0 Å². The van der Waals surface area contributed by atoms with Gasteiger partial charge in [0.2, 0.25) is 0 Å². The Bertz CT molecular complexity index is 233. The van der Waals surface area contributed by atoms with Gasteiger partial charge in [0.05, 0.1) is 4.88 Å². The Morgan fingerprint density at radius 3 is 3.08 bits per heavy atom. The van der Waals surface area contributed by atoms with Crippen LogP contribution < -0.4 is 5.32 Å². The monoisotopic (exact) mass is 185 g/mol. The first-order valence-electron chi connectivity index (χ1n) is 3.77. The zero-order valence-corrected chi connectivity index (χ0v) is 7.43. The van der Waals surface area contributed by atoms with Gasteiger partial charge in [0, 0.05) is 13.2 Å². The fourth-order valence-electron chi connectivity index (χ4n) is 0.776. The number of carbonyl (C=O) groups is 1. The number of nitrogens with one attached hydrogen (secondary N) is 1. The second kappa shape index (κ2) is 4.90. The molecule has 66 valence electrons. The summed E-state index contributed by atoms with van der Waals surface area (Å²) in [6, 6.07) is 3.62. The number of hydrogen-bond donors (Lipinski definition) is 2. The van der Waals surface area contributed by atoms with Crippen LogP contribution in [0.5, 0.6) is 0 Å². The summed E-state index contributed by atoms with van der Waals surface area (Å²) in [4.78, 5) is 11.9. The lowest BCUT2D eigenvalue weighted by molar-refractivity contribution is 0.0955. The Morgan fingerprint density at radius 2 is 2.50 bits per heavy atom. The van der Waals surface area contributed by atoms with Gasteiger partial charge < -0.3 is 10.4 Å². The summed E-state index contributed by atoms with van der Waals surface area (Å²) in [7, 11) is 0. The number of thiophene rings is 1. The molecule has 0 spiro atoms. The molecular weight excluding hydrogens is 174 g/mol. The van der Waals surface area contributed by atoms with E-state index in [1.165, 1.54) is 11.3 Å². The second-order valence-electron chi connectivity index (χ2n) is 2.31. The first-order valence-corrected chi connectivity index (χ1v) is 4.65. The summed E-state index contributed by atoms with van der Waals surface area (Å²) in [5, 5.41) is 13.0. The first-order chi connectivity index (χ1) is 5.84. The van der Waals surface area contributed by atoms with Crippen molar-refractivity contribution in [2.45, 2.75) is 6.42 Å². The molecule has 0 saturated carbocycles. The third-order valence-electron chi connectivity index (χ3n) is 1.37. The molecule has 1 aromatic heterocycles. The summed E-state index contributed by atoms with van der Waals surface area (Å²) in [6.45, 7) is 0.651. The smallest absolute Gasteiger partial charge is 0.261 e. The Hall–Kier alpha value is -0.870. The molecule has 0 atom stereocenters. The molecule has 1 heterocycles. The summed E-state index contributed by atoms with van der Waals surface area (Å²) in [5.41, 5.74) is 0. The van der Waals surface area contributed by atoms with Crippen LogP contribution in [0.2, 0.25) is 0 Å². The fourth-order valence-corrected chi connectivity index (χ4v) is 1.42. The van der Waals surface area contributed by atoms with E-state index in [0.29, 0.717) is 17.8 Å². The molecule has 0 aliphatic rings. The maximum absolute atomic E-state index is 11.2. The highest BCUT2D eigenvalue weighted by Gasteiger charge is 2.03. The molecule has 4 heteroatoms. The van der Waals surface area contributed by atoms with Gasteiger partial charge in [0.25, 0.3) is 5.91 Å². The summed E-state index contributed by atoms with van der Waals surface area (Å²) in [5.74, 6) is -0.0570. The Morgan fingerprint density at radius 1 is 1.67 bits per heavy atom. The molecular formula is C8H11NO2S. The minimum Gasteiger partial charge on any atom is -0.396 e. The van der Waals surface area contributed by atoms with Gasteiger partial charge in [0.1, 0.15) is 0 Å². The average Bonchev–Trinajstić information content (AvgIpc) is 2.56. The van der Waals surface area contributed by atoms with E-state index in [4.69, 9.17) is 5.11 Å². The van der Waals surface area contributed by atoms with Gasteiger partial charge in [0.15, 0.2) is 0 Å². The van der Waals surface area contributed by atoms with Crippen molar-refractivity contribution in [3.8, 4) is 0 Å². The highest BCUT2D eigenvalue weighted by atomic mass is 32.1. The van der Waals surface area contributed by atoms with Crippen LogP contribution in [0, 0.1) is 0 Å². The van der Waals surface area contributed by atoms with Crippen LogP contribution in [0.3, 0.4) is 0 Å². The van der Waals surface area contributed by atoms with E-state index in [2.05, 4.69) is 5.32 Å². The van der Waals surface area contributed by atoms with E-state index in [9.17, 15) is 4.79 Å². The normalized spacial score (nSPS) is 9.75. The van der Waals surface area contributed by atoms with E-state index in [-0.39, 0.29) is 12.5 Å². The Kier molecular flexibility index (Phi) is 3.76. The summed E-state index contributed by atoms with van der Waals surface area (Å²) < 4.78 is 0. The van der Waals surface area contributed by atoms with Crippen LogP contribution in [0.4, 0.5) is 0 Å². The van der Waals surface area contributed by atoms with E-state index in [1.807, 2.05) is 11.4 Å². The van der Waals surface area contributed by atoms with Gasteiger partial charge >= 0.3 is 0 Å². The number of rotatable bonds is 4. The lowest BCUT2D eigenvalue weighted by atomic mass is 10.4. The predicted octanol–water partition coefficient (Wildman–Crippen LogP) is 0.860. The third-order valence-corrected chi connectivity index (χ3v) is 2.23. The SMILES string of the molecule is O=C(NCCCO)c1cccs1. The van der Waals surface area contributed by atoms with E-state index < -0.39 is 0 Å². The number of carbonyl (C=O) groups excluding carboxylic acids is 1. The van der Waals surface area contributed by atoms with Gasteiger partial charge in [-0.3, -0.25) is 4.79 Å². The van der Waals surface area contributed by atoms with Crippen molar-refractivity contribution in [3.63, 3.8) is 0 Å². The van der Waals surface area contributed by atoms with Crippen molar-refractivity contribution in [2.24, 2.45) is 0 Å². The van der Waals surface area contributed by atoms with Gasteiger partial charge in [-0.1, -0.05) is 6.07 Å². The van der Waals surface area contributed by atoms with Crippen molar-refractivity contribution < 1.29 is 9.90 Å². The van der Waals surface area contributed by atoms with Crippen molar-refractivity contribution in [1.29, 1.82) is 0 Å². The topological polar surface area (TPSA) is 49.3 Å². The van der Waals surface area contributed by atoms with Gasteiger partial charge in [-0.2, -0.15) is 0 Å².